The molecule has 2 aromatic heterocycles. The lowest BCUT2D eigenvalue weighted by molar-refractivity contribution is -0.114. The van der Waals surface area contributed by atoms with E-state index in [-0.39, 0.29) is 5.91 Å². The molecule has 7 heteroatoms. The number of nitrogens with one attached hydrogen (secondary N) is 1. The van der Waals surface area contributed by atoms with Gasteiger partial charge in [-0.3, -0.25) is 9.48 Å². The number of carbonyl (C=O) groups is 1. The minimum Gasteiger partial charge on any atom is -0.437 e. The van der Waals surface area contributed by atoms with Gasteiger partial charge in [0.1, 0.15) is 11.4 Å². The summed E-state index contributed by atoms with van der Waals surface area (Å²) in [7, 11) is 0. The Morgan fingerprint density at radius 3 is 2.72 bits per heavy atom. The maximum atomic E-state index is 11.3. The van der Waals surface area contributed by atoms with E-state index in [9.17, 15) is 4.79 Å². The zero-order valence-electron chi connectivity index (χ0n) is 15.8. The van der Waals surface area contributed by atoms with Gasteiger partial charge in [0, 0.05) is 42.8 Å². The standard InChI is InChI=1S/C22H19N5O2/c1-16(28)26-19-8-5-9-20(12-19)29-22-21(23-10-11-24-22)18-13-25-27(15-18)14-17-6-3-2-4-7-17/h2-13,15H,14H2,1H3,(H,26,28). The fourth-order valence-electron chi connectivity index (χ4n) is 2.89. The third kappa shape index (κ3) is 4.65. The second kappa shape index (κ2) is 8.35. The van der Waals surface area contributed by atoms with Crippen LogP contribution < -0.4 is 10.1 Å². The van der Waals surface area contributed by atoms with Gasteiger partial charge in [-0.15, -0.1) is 0 Å². The van der Waals surface area contributed by atoms with Crippen molar-refractivity contribution in [1.29, 1.82) is 0 Å². The molecule has 0 aliphatic heterocycles. The van der Waals surface area contributed by atoms with E-state index in [1.807, 2.05) is 29.1 Å². The summed E-state index contributed by atoms with van der Waals surface area (Å²) in [6.07, 6.45) is 6.85. The van der Waals surface area contributed by atoms with Crippen LogP contribution in [0.4, 0.5) is 5.69 Å². The first kappa shape index (κ1) is 18.4. The fraction of sp³-hybridized carbons (Fsp3) is 0.0909. The molecular formula is C22H19N5O2. The number of benzene rings is 2. The van der Waals surface area contributed by atoms with Crippen molar-refractivity contribution < 1.29 is 9.53 Å². The number of rotatable bonds is 6. The van der Waals surface area contributed by atoms with Crippen molar-refractivity contribution in [1.82, 2.24) is 19.7 Å². The predicted octanol–water partition coefficient (Wildman–Crippen LogP) is 4.14. The predicted molar refractivity (Wildman–Crippen MR) is 110 cm³/mol. The van der Waals surface area contributed by atoms with Crippen LogP contribution in [0, 0.1) is 0 Å². The summed E-state index contributed by atoms with van der Waals surface area (Å²) in [5.74, 6) is 0.773. The van der Waals surface area contributed by atoms with E-state index >= 15 is 0 Å². The molecule has 1 amide bonds. The average Bonchev–Trinajstić information content (AvgIpc) is 3.17. The number of amides is 1. The lowest BCUT2D eigenvalue weighted by Crippen LogP contribution is -2.05. The maximum Gasteiger partial charge on any atom is 0.246 e. The van der Waals surface area contributed by atoms with Gasteiger partial charge in [-0.1, -0.05) is 36.4 Å². The highest BCUT2D eigenvalue weighted by Gasteiger charge is 2.13. The number of hydrogen-bond donors (Lipinski definition) is 1. The molecule has 2 heterocycles. The van der Waals surface area contributed by atoms with Crippen LogP contribution in [0.3, 0.4) is 0 Å². The Labute approximate surface area is 168 Å². The number of ether oxygens (including phenoxy) is 1. The summed E-state index contributed by atoms with van der Waals surface area (Å²) < 4.78 is 7.80. The first-order valence-electron chi connectivity index (χ1n) is 9.10. The monoisotopic (exact) mass is 385 g/mol. The van der Waals surface area contributed by atoms with Crippen molar-refractivity contribution in [3.05, 3.63) is 84.9 Å². The smallest absolute Gasteiger partial charge is 0.246 e. The molecule has 0 spiro atoms. The largest absolute Gasteiger partial charge is 0.437 e. The van der Waals surface area contributed by atoms with E-state index in [4.69, 9.17) is 4.74 Å². The Morgan fingerprint density at radius 1 is 1.07 bits per heavy atom. The maximum absolute atomic E-state index is 11.3. The highest BCUT2D eigenvalue weighted by molar-refractivity contribution is 5.88. The molecule has 0 bridgehead atoms. The van der Waals surface area contributed by atoms with Crippen LogP contribution in [0.15, 0.2) is 79.4 Å². The lowest BCUT2D eigenvalue weighted by Gasteiger charge is -2.09. The van der Waals surface area contributed by atoms with Crippen LogP contribution >= 0.6 is 0 Å². The Bertz CT molecular complexity index is 1120. The van der Waals surface area contributed by atoms with Gasteiger partial charge in [-0.2, -0.15) is 5.10 Å². The van der Waals surface area contributed by atoms with Crippen LogP contribution in [-0.2, 0) is 11.3 Å². The minimum atomic E-state index is -0.145. The van der Waals surface area contributed by atoms with Crippen LogP contribution in [0.25, 0.3) is 11.3 Å². The van der Waals surface area contributed by atoms with E-state index in [0.717, 1.165) is 11.1 Å². The molecule has 29 heavy (non-hydrogen) atoms. The number of aromatic nitrogens is 4. The number of nitrogens with zero attached hydrogens (tertiary/aromatic N) is 4. The summed E-state index contributed by atoms with van der Waals surface area (Å²) in [6.45, 7) is 2.12. The van der Waals surface area contributed by atoms with Gasteiger partial charge >= 0.3 is 0 Å². The van der Waals surface area contributed by atoms with Gasteiger partial charge in [0.25, 0.3) is 0 Å². The van der Waals surface area contributed by atoms with Gasteiger partial charge in [0.15, 0.2) is 0 Å². The highest BCUT2D eigenvalue weighted by Crippen LogP contribution is 2.30. The Hall–Kier alpha value is -4.00. The summed E-state index contributed by atoms with van der Waals surface area (Å²) in [5, 5.41) is 7.16. The van der Waals surface area contributed by atoms with Crippen molar-refractivity contribution >= 4 is 11.6 Å². The van der Waals surface area contributed by atoms with Crippen LogP contribution in [0.5, 0.6) is 11.6 Å². The summed E-state index contributed by atoms with van der Waals surface area (Å²) in [6, 6.07) is 17.2. The number of hydrogen-bond acceptors (Lipinski definition) is 5. The minimum absolute atomic E-state index is 0.145. The molecule has 0 saturated heterocycles. The second-order valence-corrected chi connectivity index (χ2v) is 6.43. The highest BCUT2D eigenvalue weighted by atomic mass is 16.5. The molecular weight excluding hydrogens is 366 g/mol. The van der Waals surface area contributed by atoms with Crippen molar-refractivity contribution in [3.63, 3.8) is 0 Å². The van der Waals surface area contributed by atoms with E-state index < -0.39 is 0 Å². The van der Waals surface area contributed by atoms with Gasteiger partial charge in [0.2, 0.25) is 11.8 Å². The molecule has 0 saturated carbocycles. The molecule has 144 valence electrons. The molecule has 0 fully saturated rings. The zero-order valence-corrected chi connectivity index (χ0v) is 15.8. The van der Waals surface area contributed by atoms with Crippen LogP contribution in [0.1, 0.15) is 12.5 Å². The van der Waals surface area contributed by atoms with Crippen molar-refractivity contribution in [2.45, 2.75) is 13.5 Å². The molecule has 0 radical (unpaired) electrons. The third-order valence-electron chi connectivity index (χ3n) is 4.13. The van der Waals surface area contributed by atoms with Crippen molar-refractivity contribution in [2.24, 2.45) is 0 Å². The van der Waals surface area contributed by atoms with Gasteiger partial charge in [-0.05, 0) is 17.7 Å². The third-order valence-corrected chi connectivity index (χ3v) is 4.13. The van der Waals surface area contributed by atoms with E-state index in [1.165, 1.54) is 6.92 Å². The molecule has 4 aromatic rings. The lowest BCUT2D eigenvalue weighted by atomic mass is 10.2. The first-order valence-corrected chi connectivity index (χ1v) is 9.10. The summed E-state index contributed by atoms with van der Waals surface area (Å²) >= 11 is 0. The van der Waals surface area contributed by atoms with Crippen LogP contribution in [0.2, 0.25) is 0 Å². The molecule has 0 aliphatic carbocycles. The van der Waals surface area contributed by atoms with Gasteiger partial charge in [-0.25, -0.2) is 9.97 Å². The molecule has 0 aliphatic rings. The Balaban J connectivity index is 1.57. The molecule has 0 atom stereocenters. The van der Waals surface area contributed by atoms with E-state index in [0.29, 0.717) is 29.6 Å². The molecule has 2 aromatic carbocycles. The zero-order chi connectivity index (χ0) is 20.1. The van der Waals surface area contributed by atoms with Gasteiger partial charge in [0.05, 0.1) is 12.7 Å². The SMILES string of the molecule is CC(=O)Nc1cccc(Oc2nccnc2-c2cnn(Cc3ccccc3)c2)c1. The van der Waals surface area contributed by atoms with Crippen molar-refractivity contribution in [3.8, 4) is 22.9 Å². The average molecular weight is 385 g/mol. The van der Waals surface area contributed by atoms with Crippen LogP contribution in [-0.4, -0.2) is 25.7 Å². The number of carbonyl (C=O) groups excluding carboxylic acids is 1. The van der Waals surface area contributed by atoms with Gasteiger partial charge < -0.3 is 10.1 Å². The fourth-order valence-corrected chi connectivity index (χ4v) is 2.89. The number of anilines is 1. The second-order valence-electron chi connectivity index (χ2n) is 6.43. The normalized spacial score (nSPS) is 10.5. The summed E-state index contributed by atoms with van der Waals surface area (Å²) in [5.41, 5.74) is 3.21. The quantitative estimate of drug-likeness (QED) is 0.539. The Morgan fingerprint density at radius 2 is 1.90 bits per heavy atom. The topological polar surface area (TPSA) is 81.9 Å². The molecule has 4 rings (SSSR count). The molecule has 1 N–H and O–H groups in total. The van der Waals surface area contributed by atoms with E-state index in [2.05, 4.69) is 32.5 Å². The first-order chi connectivity index (χ1) is 14.2. The molecule has 7 nitrogen and oxygen atoms in total. The molecule has 0 unspecified atom stereocenters. The van der Waals surface area contributed by atoms with Crippen molar-refractivity contribution in [2.75, 3.05) is 5.32 Å². The Kier molecular flexibility index (Phi) is 5.29. The van der Waals surface area contributed by atoms with E-state index in [1.54, 1.807) is 42.9 Å². The summed E-state index contributed by atoms with van der Waals surface area (Å²) in [4.78, 5) is 20.0.